The second kappa shape index (κ2) is 7.64. The number of hydrogen-bond donors (Lipinski definition) is 0. The van der Waals surface area contributed by atoms with Crippen LogP contribution in [0.2, 0.25) is 0 Å². The van der Waals surface area contributed by atoms with Crippen LogP contribution in [0.25, 0.3) is 0 Å². The summed E-state index contributed by atoms with van der Waals surface area (Å²) in [4.78, 5) is 10.8. The highest BCUT2D eigenvalue weighted by Crippen LogP contribution is 2.36. The summed E-state index contributed by atoms with van der Waals surface area (Å²) in [5.74, 6) is 0.846. The van der Waals surface area contributed by atoms with E-state index in [2.05, 4.69) is 15.9 Å². The zero-order valence-corrected chi connectivity index (χ0v) is 13.8. The normalized spacial score (nSPS) is 11.2. The number of sulfone groups is 1. The van der Waals surface area contributed by atoms with E-state index in [1.165, 1.54) is 0 Å². The molecule has 0 saturated heterocycles. The smallest absolute Gasteiger partial charge is 0.175 e. The molecule has 0 aliphatic carbocycles. The largest absolute Gasteiger partial charge is 0.490 e. The summed E-state index contributed by atoms with van der Waals surface area (Å²) in [6, 6.07) is 3.16. The topological polar surface area (TPSA) is 69.7 Å². The van der Waals surface area contributed by atoms with E-state index in [1.807, 2.05) is 6.92 Å². The number of carbonyl (C=O) groups excluding carboxylic acids is 1. The fourth-order valence-corrected chi connectivity index (χ4v) is 2.67. The average molecular weight is 365 g/mol. The number of aldehydes is 1. The van der Waals surface area contributed by atoms with Crippen LogP contribution in [0.5, 0.6) is 11.5 Å². The van der Waals surface area contributed by atoms with Gasteiger partial charge in [0, 0.05) is 11.3 Å². The van der Waals surface area contributed by atoms with E-state index in [-0.39, 0.29) is 18.1 Å². The van der Waals surface area contributed by atoms with E-state index in [0.717, 1.165) is 0 Å². The lowest BCUT2D eigenvalue weighted by Crippen LogP contribution is -2.16. The molecule has 0 bridgehead atoms. The monoisotopic (exact) mass is 364 g/mol. The Morgan fingerprint density at radius 2 is 1.95 bits per heavy atom. The molecular formula is C13H17BrO5S. The standard InChI is InChI=1S/C13H17BrO5S/c1-3-18-12-8-10(9-15)7-11(14)13(12)19-5-6-20(16,17)4-2/h7-9H,3-6H2,1-2H3. The van der Waals surface area contributed by atoms with Gasteiger partial charge in [-0.3, -0.25) is 4.79 Å². The first-order chi connectivity index (χ1) is 9.43. The Balaban J connectivity index is 2.90. The Labute approximate surface area is 127 Å². The molecule has 5 nitrogen and oxygen atoms in total. The molecule has 0 saturated carbocycles. The van der Waals surface area contributed by atoms with Gasteiger partial charge in [-0.15, -0.1) is 0 Å². The Morgan fingerprint density at radius 3 is 2.50 bits per heavy atom. The van der Waals surface area contributed by atoms with Crippen molar-refractivity contribution >= 4 is 32.1 Å². The fraction of sp³-hybridized carbons (Fsp3) is 0.462. The zero-order valence-electron chi connectivity index (χ0n) is 11.4. The molecule has 1 aromatic carbocycles. The third-order valence-electron chi connectivity index (χ3n) is 2.55. The molecule has 0 fully saturated rings. The minimum Gasteiger partial charge on any atom is -0.490 e. The number of benzene rings is 1. The third-order valence-corrected chi connectivity index (χ3v) is 4.81. The summed E-state index contributed by atoms with van der Waals surface area (Å²) in [5, 5.41) is 0. The van der Waals surface area contributed by atoms with Crippen molar-refractivity contribution in [1.82, 2.24) is 0 Å². The van der Waals surface area contributed by atoms with E-state index in [0.29, 0.717) is 34.4 Å². The quantitative estimate of drug-likeness (QED) is 0.662. The summed E-state index contributed by atoms with van der Waals surface area (Å²) in [7, 11) is -3.08. The Bertz CT molecular complexity index is 568. The molecule has 0 heterocycles. The van der Waals surface area contributed by atoms with Crippen molar-refractivity contribution in [2.75, 3.05) is 24.7 Å². The van der Waals surface area contributed by atoms with E-state index < -0.39 is 9.84 Å². The molecule has 1 aromatic rings. The molecule has 0 aromatic heterocycles. The molecule has 0 aliphatic rings. The summed E-state index contributed by atoms with van der Waals surface area (Å²) >= 11 is 3.29. The average Bonchev–Trinajstić information content (AvgIpc) is 2.41. The molecule has 0 unspecified atom stereocenters. The van der Waals surface area contributed by atoms with Crippen LogP contribution >= 0.6 is 15.9 Å². The third kappa shape index (κ3) is 4.79. The Morgan fingerprint density at radius 1 is 1.25 bits per heavy atom. The minimum absolute atomic E-state index is 0.0370. The first kappa shape index (κ1) is 17.0. The van der Waals surface area contributed by atoms with Gasteiger partial charge in [-0.2, -0.15) is 0 Å². The van der Waals surface area contributed by atoms with Crippen molar-refractivity contribution in [2.24, 2.45) is 0 Å². The van der Waals surface area contributed by atoms with Crippen LogP contribution in [0.4, 0.5) is 0 Å². The van der Waals surface area contributed by atoms with E-state index in [9.17, 15) is 13.2 Å². The van der Waals surface area contributed by atoms with Crippen LogP contribution in [0.1, 0.15) is 24.2 Å². The molecule has 0 radical (unpaired) electrons. The molecular weight excluding hydrogens is 348 g/mol. The van der Waals surface area contributed by atoms with Crippen molar-refractivity contribution < 1.29 is 22.7 Å². The van der Waals surface area contributed by atoms with Crippen molar-refractivity contribution in [3.8, 4) is 11.5 Å². The molecule has 20 heavy (non-hydrogen) atoms. The molecule has 112 valence electrons. The Hall–Kier alpha value is -1.08. The van der Waals surface area contributed by atoms with Crippen LogP contribution in [-0.4, -0.2) is 39.4 Å². The SMILES string of the molecule is CCOc1cc(C=O)cc(Br)c1OCCS(=O)(=O)CC. The summed E-state index contributed by atoms with van der Waals surface area (Å²) in [6.07, 6.45) is 0.707. The maximum absolute atomic E-state index is 11.4. The number of hydrogen-bond acceptors (Lipinski definition) is 5. The predicted octanol–water partition coefficient (Wildman–Crippen LogP) is 2.47. The minimum atomic E-state index is -3.08. The first-order valence-corrected chi connectivity index (χ1v) is 8.79. The lowest BCUT2D eigenvalue weighted by molar-refractivity contribution is 0.112. The second-order valence-electron chi connectivity index (χ2n) is 3.97. The lowest BCUT2D eigenvalue weighted by Gasteiger charge is -2.14. The van der Waals surface area contributed by atoms with Crippen molar-refractivity contribution in [1.29, 1.82) is 0 Å². The van der Waals surface area contributed by atoms with E-state index in [1.54, 1.807) is 19.1 Å². The summed E-state index contributed by atoms with van der Waals surface area (Å²) < 4.78 is 34.3. The molecule has 0 aliphatic heterocycles. The second-order valence-corrected chi connectivity index (χ2v) is 7.29. The molecule has 7 heteroatoms. The van der Waals surface area contributed by atoms with Gasteiger partial charge in [-0.25, -0.2) is 8.42 Å². The van der Waals surface area contributed by atoms with Gasteiger partial charge in [-0.1, -0.05) is 6.92 Å². The Kier molecular flexibility index (Phi) is 6.48. The predicted molar refractivity (Wildman–Crippen MR) is 80.5 cm³/mol. The maximum Gasteiger partial charge on any atom is 0.175 e. The molecule has 0 spiro atoms. The van der Waals surface area contributed by atoms with E-state index >= 15 is 0 Å². The highest BCUT2D eigenvalue weighted by atomic mass is 79.9. The number of halogens is 1. The molecule has 1 rings (SSSR count). The van der Waals surface area contributed by atoms with Gasteiger partial charge in [-0.05, 0) is 35.0 Å². The highest BCUT2D eigenvalue weighted by molar-refractivity contribution is 9.10. The summed E-state index contributed by atoms with van der Waals surface area (Å²) in [5.41, 5.74) is 0.453. The van der Waals surface area contributed by atoms with Crippen molar-refractivity contribution in [3.05, 3.63) is 22.2 Å². The van der Waals surface area contributed by atoms with Crippen LogP contribution in [0, 0.1) is 0 Å². The fourth-order valence-electron chi connectivity index (χ4n) is 1.47. The zero-order chi connectivity index (χ0) is 15.2. The first-order valence-electron chi connectivity index (χ1n) is 6.18. The van der Waals surface area contributed by atoms with Crippen LogP contribution in [0.15, 0.2) is 16.6 Å². The number of carbonyl (C=O) groups is 1. The van der Waals surface area contributed by atoms with Gasteiger partial charge < -0.3 is 9.47 Å². The molecule has 0 amide bonds. The lowest BCUT2D eigenvalue weighted by atomic mass is 10.2. The van der Waals surface area contributed by atoms with Crippen LogP contribution in [-0.2, 0) is 9.84 Å². The van der Waals surface area contributed by atoms with Crippen molar-refractivity contribution in [2.45, 2.75) is 13.8 Å². The maximum atomic E-state index is 11.4. The highest BCUT2D eigenvalue weighted by Gasteiger charge is 2.14. The van der Waals surface area contributed by atoms with E-state index in [4.69, 9.17) is 9.47 Å². The van der Waals surface area contributed by atoms with Crippen LogP contribution in [0.3, 0.4) is 0 Å². The van der Waals surface area contributed by atoms with Crippen molar-refractivity contribution in [3.63, 3.8) is 0 Å². The van der Waals surface area contributed by atoms with Gasteiger partial charge in [0.25, 0.3) is 0 Å². The van der Waals surface area contributed by atoms with Gasteiger partial charge in [0.1, 0.15) is 12.9 Å². The number of ether oxygens (including phenoxy) is 2. The van der Waals surface area contributed by atoms with Crippen LogP contribution < -0.4 is 9.47 Å². The van der Waals surface area contributed by atoms with Gasteiger partial charge in [0.05, 0.1) is 16.8 Å². The summed E-state index contributed by atoms with van der Waals surface area (Å²) in [6.45, 7) is 3.86. The van der Waals surface area contributed by atoms with Gasteiger partial charge in [0.15, 0.2) is 21.3 Å². The van der Waals surface area contributed by atoms with Gasteiger partial charge in [0.2, 0.25) is 0 Å². The van der Waals surface area contributed by atoms with Gasteiger partial charge >= 0.3 is 0 Å². The molecule has 0 atom stereocenters. The number of rotatable bonds is 8. The molecule has 0 N–H and O–H groups in total.